The summed E-state index contributed by atoms with van der Waals surface area (Å²) in [5, 5.41) is 13.8. The number of carboxylic acids is 1. The van der Waals surface area contributed by atoms with Crippen LogP contribution in [0.15, 0.2) is 18.3 Å². The van der Waals surface area contributed by atoms with Crippen molar-refractivity contribution >= 4 is 17.9 Å². The number of nitrogens with two attached hydrogens (primary N) is 1. The molecular formula is C12H16N4O5. The van der Waals surface area contributed by atoms with Crippen molar-refractivity contribution in [2.24, 2.45) is 5.73 Å². The lowest BCUT2D eigenvalue weighted by Crippen LogP contribution is -2.37. The molecule has 0 bridgehead atoms. The first kappa shape index (κ1) is 16.4. The highest BCUT2D eigenvalue weighted by Gasteiger charge is 2.05. The maximum Gasteiger partial charge on any atom is 0.335 e. The van der Waals surface area contributed by atoms with E-state index >= 15 is 0 Å². The first-order valence-electron chi connectivity index (χ1n) is 6.05. The van der Waals surface area contributed by atoms with Crippen LogP contribution in [0.2, 0.25) is 0 Å². The molecule has 114 valence electrons. The zero-order valence-corrected chi connectivity index (χ0v) is 11.2. The van der Waals surface area contributed by atoms with Crippen LogP contribution in [0.5, 0.6) is 0 Å². The Hall–Kier alpha value is -2.68. The first-order chi connectivity index (χ1) is 9.99. The van der Waals surface area contributed by atoms with Crippen LogP contribution in [0, 0.1) is 0 Å². The lowest BCUT2D eigenvalue weighted by molar-refractivity contribution is -0.122. The average molecular weight is 296 g/mol. The normalized spacial score (nSPS) is 9.90. The SMILES string of the molecule is NC(=O)COCCNC(=O)NCc1cc(C(=O)O)ccn1. The minimum atomic E-state index is -1.06. The number of carboxylic acid groups (broad SMARTS) is 1. The van der Waals surface area contributed by atoms with E-state index in [1.165, 1.54) is 18.3 Å². The highest BCUT2D eigenvalue weighted by molar-refractivity contribution is 5.87. The Labute approximate surface area is 120 Å². The van der Waals surface area contributed by atoms with Gasteiger partial charge in [-0.2, -0.15) is 0 Å². The van der Waals surface area contributed by atoms with Gasteiger partial charge in [0.1, 0.15) is 6.61 Å². The lowest BCUT2D eigenvalue weighted by Gasteiger charge is -2.07. The fraction of sp³-hybridized carbons (Fsp3) is 0.333. The van der Waals surface area contributed by atoms with Crippen molar-refractivity contribution in [2.75, 3.05) is 19.8 Å². The molecule has 9 nitrogen and oxygen atoms in total. The van der Waals surface area contributed by atoms with Gasteiger partial charge >= 0.3 is 12.0 Å². The molecule has 0 saturated carbocycles. The van der Waals surface area contributed by atoms with Crippen LogP contribution >= 0.6 is 0 Å². The molecule has 1 rings (SSSR count). The molecule has 21 heavy (non-hydrogen) atoms. The number of amides is 3. The summed E-state index contributed by atoms with van der Waals surface area (Å²) in [7, 11) is 0. The van der Waals surface area contributed by atoms with Crippen LogP contribution in [0.4, 0.5) is 4.79 Å². The van der Waals surface area contributed by atoms with Gasteiger partial charge in [-0.05, 0) is 12.1 Å². The Morgan fingerprint density at radius 2 is 2.10 bits per heavy atom. The third-order valence-electron chi connectivity index (χ3n) is 2.27. The third kappa shape index (κ3) is 6.87. The molecule has 0 aliphatic heterocycles. The molecule has 0 aliphatic carbocycles. The van der Waals surface area contributed by atoms with Crippen LogP contribution in [0.3, 0.4) is 0 Å². The molecule has 1 aromatic rings. The standard InChI is InChI=1S/C12H16N4O5/c13-10(17)7-21-4-3-15-12(20)16-6-9-5-8(11(18)19)1-2-14-9/h1-2,5H,3-4,6-7H2,(H2,13,17)(H,18,19)(H2,15,16,20). The summed E-state index contributed by atoms with van der Waals surface area (Å²) in [4.78, 5) is 36.5. The molecule has 3 amide bonds. The Morgan fingerprint density at radius 1 is 1.33 bits per heavy atom. The quantitative estimate of drug-likeness (QED) is 0.457. The van der Waals surface area contributed by atoms with E-state index in [0.29, 0.717) is 5.69 Å². The molecule has 9 heteroatoms. The molecule has 0 saturated heterocycles. The zero-order chi connectivity index (χ0) is 15.7. The number of primary amides is 1. The minimum Gasteiger partial charge on any atom is -0.478 e. The molecule has 1 aromatic heterocycles. The lowest BCUT2D eigenvalue weighted by atomic mass is 10.2. The Kier molecular flexibility index (Phi) is 6.61. The second kappa shape index (κ2) is 8.48. The van der Waals surface area contributed by atoms with E-state index in [2.05, 4.69) is 15.6 Å². The van der Waals surface area contributed by atoms with Gasteiger partial charge in [0.05, 0.1) is 24.4 Å². The van der Waals surface area contributed by atoms with Gasteiger partial charge in [0.25, 0.3) is 0 Å². The molecule has 1 heterocycles. The fourth-order valence-corrected chi connectivity index (χ4v) is 1.35. The van der Waals surface area contributed by atoms with Crippen LogP contribution < -0.4 is 16.4 Å². The predicted octanol–water partition coefficient (Wildman–Crippen LogP) is -0.919. The van der Waals surface area contributed by atoms with Gasteiger partial charge in [0, 0.05) is 12.7 Å². The van der Waals surface area contributed by atoms with Gasteiger partial charge in [-0.15, -0.1) is 0 Å². The predicted molar refractivity (Wildman–Crippen MR) is 71.4 cm³/mol. The van der Waals surface area contributed by atoms with Crippen LogP contribution in [0.25, 0.3) is 0 Å². The maximum atomic E-state index is 11.4. The number of nitrogens with zero attached hydrogens (tertiary/aromatic N) is 1. The van der Waals surface area contributed by atoms with E-state index in [9.17, 15) is 14.4 Å². The smallest absolute Gasteiger partial charge is 0.335 e. The van der Waals surface area contributed by atoms with Gasteiger partial charge < -0.3 is 26.2 Å². The summed E-state index contributed by atoms with van der Waals surface area (Å²) in [6.07, 6.45) is 1.36. The number of carbonyl (C=O) groups is 3. The minimum absolute atomic E-state index is 0.0924. The molecule has 0 spiro atoms. The van der Waals surface area contributed by atoms with Gasteiger partial charge in [0.2, 0.25) is 5.91 Å². The van der Waals surface area contributed by atoms with Crippen LogP contribution in [-0.4, -0.2) is 47.8 Å². The molecule has 0 radical (unpaired) electrons. The molecule has 0 aromatic carbocycles. The molecule has 0 fully saturated rings. The summed E-state index contributed by atoms with van der Waals surface area (Å²) in [5.41, 5.74) is 5.39. The summed E-state index contributed by atoms with van der Waals surface area (Å²) in [6, 6.07) is 2.28. The van der Waals surface area contributed by atoms with Gasteiger partial charge in [-0.1, -0.05) is 0 Å². The molecule has 0 unspecified atom stereocenters. The fourth-order valence-electron chi connectivity index (χ4n) is 1.35. The van der Waals surface area contributed by atoms with Gasteiger partial charge in [-0.3, -0.25) is 9.78 Å². The van der Waals surface area contributed by atoms with E-state index in [-0.39, 0.29) is 31.9 Å². The van der Waals surface area contributed by atoms with E-state index in [4.69, 9.17) is 15.6 Å². The number of aromatic carboxylic acids is 1. The number of hydrogen-bond donors (Lipinski definition) is 4. The zero-order valence-electron chi connectivity index (χ0n) is 11.2. The number of urea groups is 1. The second-order valence-electron chi connectivity index (χ2n) is 3.97. The number of aromatic nitrogens is 1. The topological polar surface area (TPSA) is 144 Å². The number of pyridine rings is 1. The van der Waals surface area contributed by atoms with Crippen molar-refractivity contribution in [1.82, 2.24) is 15.6 Å². The largest absolute Gasteiger partial charge is 0.478 e. The monoisotopic (exact) mass is 296 g/mol. The summed E-state index contributed by atoms with van der Waals surface area (Å²) in [6.45, 7) is 0.259. The number of ether oxygens (including phenoxy) is 1. The van der Waals surface area contributed by atoms with Crippen LogP contribution in [-0.2, 0) is 16.1 Å². The highest BCUT2D eigenvalue weighted by Crippen LogP contribution is 2.01. The highest BCUT2D eigenvalue weighted by atomic mass is 16.5. The van der Waals surface area contributed by atoms with E-state index < -0.39 is 17.9 Å². The second-order valence-corrected chi connectivity index (χ2v) is 3.97. The van der Waals surface area contributed by atoms with Gasteiger partial charge in [-0.25, -0.2) is 9.59 Å². The van der Waals surface area contributed by atoms with Crippen molar-refractivity contribution in [3.05, 3.63) is 29.6 Å². The molecule has 0 atom stereocenters. The van der Waals surface area contributed by atoms with Crippen molar-refractivity contribution < 1.29 is 24.2 Å². The van der Waals surface area contributed by atoms with Gasteiger partial charge in [0.15, 0.2) is 0 Å². The van der Waals surface area contributed by atoms with Crippen LogP contribution in [0.1, 0.15) is 16.1 Å². The summed E-state index contributed by atoms with van der Waals surface area (Å²) in [5.74, 6) is -1.64. The number of carbonyl (C=O) groups excluding carboxylic acids is 2. The Bertz CT molecular complexity index is 520. The molecule has 0 aliphatic rings. The summed E-state index contributed by atoms with van der Waals surface area (Å²) >= 11 is 0. The molecule has 5 N–H and O–H groups in total. The third-order valence-corrected chi connectivity index (χ3v) is 2.27. The van der Waals surface area contributed by atoms with E-state index in [1.54, 1.807) is 0 Å². The summed E-state index contributed by atoms with van der Waals surface area (Å²) < 4.78 is 4.86. The average Bonchev–Trinajstić information content (AvgIpc) is 2.44. The number of rotatable bonds is 8. The van der Waals surface area contributed by atoms with Crippen molar-refractivity contribution in [2.45, 2.75) is 6.54 Å². The number of nitrogens with one attached hydrogen (secondary N) is 2. The Balaban J connectivity index is 2.25. The maximum absolute atomic E-state index is 11.4. The molecular weight excluding hydrogens is 280 g/mol. The first-order valence-corrected chi connectivity index (χ1v) is 6.05. The van der Waals surface area contributed by atoms with E-state index in [1.807, 2.05) is 0 Å². The Morgan fingerprint density at radius 3 is 2.76 bits per heavy atom. The van der Waals surface area contributed by atoms with Crippen molar-refractivity contribution in [3.63, 3.8) is 0 Å². The van der Waals surface area contributed by atoms with Crippen molar-refractivity contribution in [1.29, 1.82) is 0 Å². The number of hydrogen-bond acceptors (Lipinski definition) is 5. The van der Waals surface area contributed by atoms with Crippen molar-refractivity contribution in [3.8, 4) is 0 Å². The van der Waals surface area contributed by atoms with E-state index in [0.717, 1.165) is 0 Å².